The molecule has 16 heavy (non-hydrogen) atoms. The molecule has 1 aliphatic rings. The first kappa shape index (κ1) is 11.6. The van der Waals surface area contributed by atoms with Gasteiger partial charge in [-0.05, 0) is 47.0 Å². The van der Waals surface area contributed by atoms with Gasteiger partial charge in [0.1, 0.15) is 0 Å². The number of ketones is 1. The van der Waals surface area contributed by atoms with Crippen LogP contribution >= 0.6 is 15.9 Å². The minimum atomic E-state index is 0.194. The lowest BCUT2D eigenvalue weighted by Crippen LogP contribution is -2.17. The summed E-state index contributed by atoms with van der Waals surface area (Å²) in [6, 6.07) is 6.05. The highest BCUT2D eigenvalue weighted by Crippen LogP contribution is 2.27. The molecule has 2 nitrogen and oxygen atoms in total. The Hall–Kier alpha value is -0.830. The third-order valence-electron chi connectivity index (χ3n) is 3.05. The van der Waals surface area contributed by atoms with Crippen LogP contribution in [0.5, 0.6) is 0 Å². The van der Waals surface area contributed by atoms with E-state index in [9.17, 15) is 4.79 Å². The van der Waals surface area contributed by atoms with Gasteiger partial charge in [-0.15, -0.1) is 0 Å². The van der Waals surface area contributed by atoms with Gasteiger partial charge >= 0.3 is 0 Å². The van der Waals surface area contributed by atoms with Gasteiger partial charge in [-0.2, -0.15) is 0 Å². The molecule has 1 aromatic rings. The number of carbonyl (C=O) groups is 1. The normalized spacial score (nSPS) is 15.5. The molecule has 0 amide bonds. The zero-order valence-electron chi connectivity index (χ0n) is 9.50. The quantitative estimate of drug-likeness (QED) is 0.789. The molecule has 1 aromatic carbocycles. The number of hydrogen-bond acceptors (Lipinski definition) is 2. The van der Waals surface area contributed by atoms with Crippen molar-refractivity contribution in [2.24, 2.45) is 0 Å². The minimum absolute atomic E-state index is 0.194. The predicted molar refractivity (Wildman–Crippen MR) is 70.2 cm³/mol. The Morgan fingerprint density at radius 3 is 2.62 bits per heavy atom. The maximum atomic E-state index is 11.6. The van der Waals surface area contributed by atoms with Gasteiger partial charge in [0.15, 0.2) is 5.78 Å². The van der Waals surface area contributed by atoms with E-state index in [0.717, 1.165) is 23.1 Å². The zero-order valence-corrected chi connectivity index (χ0v) is 11.1. The summed E-state index contributed by atoms with van der Waals surface area (Å²) < 4.78 is 0.920. The van der Waals surface area contributed by atoms with Crippen LogP contribution in [0.3, 0.4) is 0 Å². The van der Waals surface area contributed by atoms with Crippen molar-refractivity contribution in [1.82, 2.24) is 0 Å². The minimum Gasteiger partial charge on any atom is -0.372 e. The molecule has 0 aliphatic carbocycles. The van der Waals surface area contributed by atoms with E-state index in [-0.39, 0.29) is 5.78 Å². The summed E-state index contributed by atoms with van der Waals surface area (Å²) in [5.74, 6) is 0.194. The molecule has 0 aromatic heterocycles. The molecular formula is C13H16BrNO. The van der Waals surface area contributed by atoms with Crippen molar-refractivity contribution in [1.29, 1.82) is 0 Å². The van der Waals surface area contributed by atoms with Crippen LogP contribution in [0.4, 0.5) is 5.69 Å². The fraction of sp³-hybridized carbons (Fsp3) is 0.462. The molecule has 1 saturated heterocycles. The summed E-state index contributed by atoms with van der Waals surface area (Å²) in [5.41, 5.74) is 2.02. The monoisotopic (exact) mass is 281 g/mol. The fourth-order valence-electron chi connectivity index (χ4n) is 2.09. The van der Waals surface area contributed by atoms with Gasteiger partial charge in [-0.1, -0.05) is 6.92 Å². The van der Waals surface area contributed by atoms with Crippen LogP contribution in [0.25, 0.3) is 0 Å². The van der Waals surface area contributed by atoms with E-state index in [2.05, 4.69) is 33.0 Å². The van der Waals surface area contributed by atoms with E-state index < -0.39 is 0 Å². The number of nitrogens with zero attached hydrogens (tertiary/aromatic N) is 1. The number of anilines is 1. The Balaban J connectivity index is 2.25. The van der Waals surface area contributed by atoms with Crippen LogP contribution < -0.4 is 4.90 Å². The highest BCUT2D eigenvalue weighted by molar-refractivity contribution is 9.10. The first-order valence-electron chi connectivity index (χ1n) is 5.80. The summed E-state index contributed by atoms with van der Waals surface area (Å²) in [6.07, 6.45) is 3.10. The van der Waals surface area contributed by atoms with Crippen molar-refractivity contribution in [3.63, 3.8) is 0 Å². The van der Waals surface area contributed by atoms with Crippen molar-refractivity contribution in [3.05, 3.63) is 28.2 Å². The van der Waals surface area contributed by atoms with E-state index >= 15 is 0 Å². The van der Waals surface area contributed by atoms with Gasteiger partial charge in [-0.3, -0.25) is 4.79 Å². The standard InChI is InChI=1S/C13H16BrNO/c1-2-13(16)11-6-5-10(9-12(11)14)15-7-3-4-8-15/h5-6,9H,2-4,7-8H2,1H3. The molecule has 0 saturated carbocycles. The number of hydrogen-bond donors (Lipinski definition) is 0. The second-order valence-electron chi connectivity index (χ2n) is 4.14. The average Bonchev–Trinajstić information content (AvgIpc) is 2.81. The molecule has 0 radical (unpaired) electrons. The lowest BCUT2D eigenvalue weighted by Gasteiger charge is -2.18. The Morgan fingerprint density at radius 2 is 2.06 bits per heavy atom. The smallest absolute Gasteiger partial charge is 0.163 e. The largest absolute Gasteiger partial charge is 0.372 e. The van der Waals surface area contributed by atoms with Crippen molar-refractivity contribution >= 4 is 27.4 Å². The molecule has 0 unspecified atom stereocenters. The number of carbonyl (C=O) groups excluding carboxylic acids is 1. The Kier molecular flexibility index (Phi) is 3.64. The summed E-state index contributed by atoms with van der Waals surface area (Å²) >= 11 is 3.49. The number of Topliss-reactive ketones (excluding diaryl/α,β-unsaturated/α-hetero) is 1. The van der Waals surface area contributed by atoms with Crippen molar-refractivity contribution < 1.29 is 4.79 Å². The van der Waals surface area contributed by atoms with Crippen LogP contribution in [-0.2, 0) is 0 Å². The van der Waals surface area contributed by atoms with Gasteiger partial charge in [0.25, 0.3) is 0 Å². The van der Waals surface area contributed by atoms with Crippen LogP contribution in [0.15, 0.2) is 22.7 Å². The molecule has 86 valence electrons. The molecule has 3 heteroatoms. The Labute approximate surface area is 105 Å². The van der Waals surface area contributed by atoms with Gasteiger partial charge in [0.05, 0.1) is 0 Å². The third-order valence-corrected chi connectivity index (χ3v) is 3.70. The highest BCUT2D eigenvalue weighted by Gasteiger charge is 2.14. The zero-order chi connectivity index (χ0) is 11.5. The first-order valence-corrected chi connectivity index (χ1v) is 6.59. The Morgan fingerprint density at radius 1 is 1.38 bits per heavy atom. The fourth-order valence-corrected chi connectivity index (χ4v) is 2.68. The Bertz CT molecular complexity index is 397. The van der Waals surface area contributed by atoms with Crippen LogP contribution in [-0.4, -0.2) is 18.9 Å². The molecule has 1 fully saturated rings. The number of rotatable bonds is 3. The van der Waals surface area contributed by atoms with E-state index in [1.54, 1.807) is 0 Å². The molecule has 0 atom stereocenters. The van der Waals surface area contributed by atoms with Crippen LogP contribution in [0.2, 0.25) is 0 Å². The van der Waals surface area contributed by atoms with E-state index in [4.69, 9.17) is 0 Å². The maximum absolute atomic E-state index is 11.6. The second-order valence-corrected chi connectivity index (χ2v) is 4.99. The SMILES string of the molecule is CCC(=O)c1ccc(N2CCCC2)cc1Br. The van der Waals surface area contributed by atoms with Crippen LogP contribution in [0, 0.1) is 0 Å². The average molecular weight is 282 g/mol. The van der Waals surface area contributed by atoms with Crippen molar-refractivity contribution in [3.8, 4) is 0 Å². The molecule has 0 spiro atoms. The molecular weight excluding hydrogens is 266 g/mol. The molecule has 1 heterocycles. The van der Waals surface area contributed by atoms with Gasteiger partial charge in [0.2, 0.25) is 0 Å². The summed E-state index contributed by atoms with van der Waals surface area (Å²) in [4.78, 5) is 14.0. The summed E-state index contributed by atoms with van der Waals surface area (Å²) in [5, 5.41) is 0. The maximum Gasteiger partial charge on any atom is 0.163 e. The first-order chi connectivity index (χ1) is 7.72. The molecule has 1 aliphatic heterocycles. The van der Waals surface area contributed by atoms with Crippen molar-refractivity contribution in [2.75, 3.05) is 18.0 Å². The number of halogens is 1. The molecule has 0 bridgehead atoms. The van der Waals surface area contributed by atoms with E-state index in [1.165, 1.54) is 18.5 Å². The van der Waals surface area contributed by atoms with Gasteiger partial charge in [-0.25, -0.2) is 0 Å². The van der Waals surface area contributed by atoms with Gasteiger partial charge in [0, 0.05) is 35.2 Å². The van der Waals surface area contributed by atoms with Gasteiger partial charge < -0.3 is 4.90 Å². The molecule has 2 rings (SSSR count). The summed E-state index contributed by atoms with van der Waals surface area (Å²) in [6.45, 7) is 4.16. The van der Waals surface area contributed by atoms with Crippen LogP contribution in [0.1, 0.15) is 36.5 Å². The predicted octanol–water partition coefficient (Wildman–Crippen LogP) is 3.64. The van der Waals surface area contributed by atoms with E-state index in [1.807, 2.05) is 13.0 Å². The lowest BCUT2D eigenvalue weighted by molar-refractivity contribution is 0.0987. The third kappa shape index (κ3) is 2.29. The topological polar surface area (TPSA) is 20.3 Å². The van der Waals surface area contributed by atoms with E-state index in [0.29, 0.717) is 6.42 Å². The van der Waals surface area contributed by atoms with Crippen molar-refractivity contribution in [2.45, 2.75) is 26.2 Å². The highest BCUT2D eigenvalue weighted by atomic mass is 79.9. The second kappa shape index (κ2) is 5.00. The summed E-state index contributed by atoms with van der Waals surface area (Å²) in [7, 11) is 0. The number of benzene rings is 1. The molecule has 0 N–H and O–H groups in total. The lowest BCUT2D eigenvalue weighted by atomic mass is 10.1.